The molecule has 0 spiro atoms. The molecule has 18 heteroatoms. The Kier molecular flexibility index (Phi) is 11.3. The molecule has 0 N–H and O–H groups in total. The lowest BCUT2D eigenvalue weighted by molar-refractivity contribution is -0.137. The second-order valence-electron chi connectivity index (χ2n) is 19.1. The first-order valence-electron chi connectivity index (χ1n) is 24.6. The zero-order chi connectivity index (χ0) is 53.8. The fourth-order valence-electron chi connectivity index (χ4n) is 10.6. The maximum absolute atomic E-state index is 15.9. The summed E-state index contributed by atoms with van der Waals surface area (Å²) in [5.41, 5.74) is 5.88. The number of fused-ring (bicyclic) bond motifs is 6. The minimum Gasteiger partial charge on any atom is -0.308 e. The fraction of sp³-hybridized carbons (Fsp3) is 0.169. The first-order valence-corrected chi connectivity index (χ1v) is 24.6. The van der Waals surface area contributed by atoms with Gasteiger partial charge in [0.05, 0.1) is 50.6 Å². The van der Waals surface area contributed by atoms with Gasteiger partial charge in [-0.05, 0) is 159 Å². The maximum atomic E-state index is 15.9. The van der Waals surface area contributed by atoms with Gasteiger partial charge in [0.1, 0.15) is 46.6 Å². The summed E-state index contributed by atoms with van der Waals surface area (Å²) in [6.07, 6.45) is -4.80. The zero-order valence-corrected chi connectivity index (χ0v) is 43.2. The Morgan fingerprint density at radius 2 is 0.675 bits per heavy atom. The van der Waals surface area contributed by atoms with Crippen molar-refractivity contribution in [1.82, 2.24) is 68.9 Å². The molecule has 0 aliphatic carbocycles. The number of nitrogens with zero attached hydrogens (tertiary/aromatic N) is 15. The van der Waals surface area contributed by atoms with E-state index in [1.807, 2.05) is 81.9 Å². The summed E-state index contributed by atoms with van der Waals surface area (Å²) in [6, 6.07) is 33.1. The molecule has 6 aromatic heterocycles. The lowest BCUT2D eigenvalue weighted by Gasteiger charge is -2.24. The molecule has 0 radical (unpaired) electrons. The van der Waals surface area contributed by atoms with E-state index in [0.29, 0.717) is 131 Å². The van der Waals surface area contributed by atoms with E-state index in [-0.39, 0.29) is 16.7 Å². The molecule has 0 saturated carbocycles. The van der Waals surface area contributed by atoms with Gasteiger partial charge in [-0.1, -0.05) is 12.1 Å². The summed E-state index contributed by atoms with van der Waals surface area (Å²) in [7, 11) is 0. The van der Waals surface area contributed by atoms with Crippen LogP contribution < -0.4 is 0 Å². The second kappa shape index (κ2) is 18.0. The summed E-state index contributed by atoms with van der Waals surface area (Å²) in [5.74, 6) is 6.22. The van der Waals surface area contributed by atoms with Crippen molar-refractivity contribution < 1.29 is 13.2 Å². The van der Waals surface area contributed by atoms with Gasteiger partial charge in [0.2, 0.25) is 0 Å². The predicted molar refractivity (Wildman–Crippen MR) is 288 cm³/mol. The molecule has 12 rings (SSSR count). The smallest absolute Gasteiger partial charge is 0.308 e. The Morgan fingerprint density at radius 3 is 0.948 bits per heavy atom. The number of halogens is 3. The molecule has 77 heavy (non-hydrogen) atoms. The molecule has 0 saturated heterocycles. The van der Waals surface area contributed by atoms with Crippen molar-refractivity contribution in [2.45, 2.75) is 68.5 Å². The number of alkyl halides is 3. The molecule has 0 bridgehead atoms. The van der Waals surface area contributed by atoms with E-state index < -0.39 is 11.7 Å². The largest absolute Gasteiger partial charge is 0.417 e. The molecule has 0 amide bonds. The third-order valence-corrected chi connectivity index (χ3v) is 13.5. The van der Waals surface area contributed by atoms with Gasteiger partial charge in [-0.2, -0.15) is 18.4 Å². The van der Waals surface area contributed by atoms with Crippen molar-refractivity contribution in [1.29, 1.82) is 5.26 Å². The first kappa shape index (κ1) is 48.2. The van der Waals surface area contributed by atoms with E-state index in [2.05, 4.69) is 65.9 Å². The summed E-state index contributed by atoms with van der Waals surface area (Å²) in [5, 5.41) is 14.1. The molecule has 6 heterocycles. The molecule has 0 atom stereocenters. The fourth-order valence-corrected chi connectivity index (χ4v) is 10.6. The van der Waals surface area contributed by atoms with Gasteiger partial charge in [0.15, 0.2) is 23.3 Å². The lowest BCUT2D eigenvalue weighted by Crippen LogP contribution is -2.12. The van der Waals surface area contributed by atoms with Gasteiger partial charge in [0, 0.05) is 54.9 Å². The van der Waals surface area contributed by atoms with Crippen LogP contribution in [0.4, 0.5) is 13.2 Å². The molecule has 12 aromatic rings. The van der Waals surface area contributed by atoms with Crippen LogP contribution >= 0.6 is 0 Å². The van der Waals surface area contributed by atoms with Crippen LogP contribution in [0.3, 0.4) is 0 Å². The average Bonchev–Trinajstić information content (AvgIpc) is 4.15. The van der Waals surface area contributed by atoms with Crippen LogP contribution in [0.1, 0.15) is 63.3 Å². The predicted octanol–water partition coefficient (Wildman–Crippen LogP) is 12.6. The second-order valence-corrected chi connectivity index (χ2v) is 19.1. The number of hydrogen-bond acceptors (Lipinski definition) is 13. The highest BCUT2D eigenvalue weighted by atomic mass is 19.4. The quantitative estimate of drug-likeness (QED) is 0.147. The van der Waals surface area contributed by atoms with Crippen LogP contribution in [0.25, 0.3) is 112 Å². The van der Waals surface area contributed by atoms with Gasteiger partial charge in [-0.15, -0.1) is 0 Å². The molecule has 0 aliphatic heterocycles. The van der Waals surface area contributed by atoms with E-state index in [9.17, 15) is 5.26 Å². The monoisotopic (exact) mass is 1020 g/mol. The Labute approximate surface area is 438 Å². The van der Waals surface area contributed by atoms with Crippen molar-refractivity contribution in [2.75, 3.05) is 0 Å². The van der Waals surface area contributed by atoms with E-state index in [0.717, 1.165) is 27.6 Å². The third kappa shape index (κ3) is 8.41. The molecular weight excluding hydrogens is 976 g/mol. The highest BCUT2D eigenvalue weighted by Crippen LogP contribution is 2.48. The van der Waals surface area contributed by atoms with Crippen LogP contribution in [-0.2, 0) is 6.18 Å². The molecule has 0 aliphatic rings. The molecule has 376 valence electrons. The van der Waals surface area contributed by atoms with E-state index in [1.54, 1.807) is 80.5 Å². The maximum Gasteiger partial charge on any atom is 0.417 e. The summed E-state index contributed by atoms with van der Waals surface area (Å²) in [6.45, 7) is 16.1. The summed E-state index contributed by atoms with van der Waals surface area (Å²) >= 11 is 0. The topological polar surface area (TPSA) is 188 Å². The first-order chi connectivity index (χ1) is 36.9. The van der Waals surface area contributed by atoms with Gasteiger partial charge in [0.25, 0.3) is 0 Å². The van der Waals surface area contributed by atoms with Crippen molar-refractivity contribution in [2.24, 2.45) is 0 Å². The number of aryl methyl sites for hydroxylation is 9. The van der Waals surface area contributed by atoms with E-state index >= 15 is 13.2 Å². The van der Waals surface area contributed by atoms with E-state index in [1.165, 1.54) is 6.07 Å². The number of nitriles is 1. The highest BCUT2D eigenvalue weighted by Gasteiger charge is 2.37. The van der Waals surface area contributed by atoms with Gasteiger partial charge in [-0.3, -0.25) is 0 Å². The lowest BCUT2D eigenvalue weighted by atomic mass is 9.90. The minimum absolute atomic E-state index is 0.0551. The summed E-state index contributed by atoms with van der Waals surface area (Å²) in [4.78, 5) is 55.1. The van der Waals surface area contributed by atoms with Crippen LogP contribution in [0.2, 0.25) is 0 Å². The highest BCUT2D eigenvalue weighted by molar-refractivity contribution is 6.14. The number of aromatic nitrogens is 14. The zero-order valence-electron chi connectivity index (χ0n) is 43.2. The third-order valence-electron chi connectivity index (χ3n) is 13.5. The molecular formula is C59H44F3N15. The van der Waals surface area contributed by atoms with Gasteiger partial charge < -0.3 is 9.13 Å². The Balaban J connectivity index is 1.24. The number of rotatable bonds is 7. The van der Waals surface area contributed by atoms with E-state index in [4.69, 9.17) is 0 Å². The molecule has 15 nitrogen and oxygen atoms in total. The average molecular weight is 1020 g/mol. The number of hydrogen-bond donors (Lipinski definition) is 0. The normalized spacial score (nSPS) is 11.9. The van der Waals surface area contributed by atoms with Crippen LogP contribution in [0.5, 0.6) is 0 Å². The van der Waals surface area contributed by atoms with Crippen molar-refractivity contribution in [3.8, 4) is 74.1 Å². The number of benzene rings is 6. The Bertz CT molecular complexity index is 3990. The Morgan fingerprint density at radius 1 is 0.377 bits per heavy atom. The SMILES string of the molecule is Cc1nc(C)nc(-c2ccc3c(c2)c2cc(-c4nc(C)nc(C)n4)ccc2n3-c2cc(C#N)cc(-n3c4ccc(-c5nc(C)nc(C)n5)cc4c4cc(-c5nc(C)nc(C)n5)ccc43)c2-c2c(C)cccc2C(F)(F)F)n1. The van der Waals surface area contributed by atoms with Crippen LogP contribution in [0.15, 0.2) is 103 Å². The van der Waals surface area contributed by atoms with Gasteiger partial charge >= 0.3 is 6.18 Å². The molecule has 6 aromatic carbocycles. The standard InChI is InChI=1S/C59H44F3N15/c1-28-11-10-12-46(59(60,61)62)53(28)54-51(76-47-17-13-38(55-68-29(2)64-30(3)69-55)23-42(47)43-24-39(14-18-48(43)76)56-70-31(4)65-32(5)71-56)21-37(27-63)22-52(54)77-49-19-15-40(57-72-33(6)66-34(7)73-57)25-44(49)45-26-41(16-20-50(45)77)58-74-35(8)67-36(9)75-58/h10-26H,1-9H3. The molecule has 0 fully saturated rings. The Hall–Kier alpha value is -9.76. The van der Waals surface area contributed by atoms with Crippen LogP contribution in [0, 0.1) is 73.6 Å². The summed E-state index contributed by atoms with van der Waals surface area (Å²) < 4.78 is 51.7. The van der Waals surface area contributed by atoms with Gasteiger partial charge in [-0.25, -0.2) is 59.8 Å². The van der Waals surface area contributed by atoms with Crippen molar-refractivity contribution in [3.05, 3.63) is 166 Å². The van der Waals surface area contributed by atoms with Crippen LogP contribution in [-0.4, -0.2) is 68.9 Å². The molecule has 0 unspecified atom stereocenters. The van der Waals surface area contributed by atoms with Crippen molar-refractivity contribution in [3.63, 3.8) is 0 Å². The minimum atomic E-state index is -4.80. The van der Waals surface area contributed by atoms with Crippen molar-refractivity contribution >= 4 is 43.6 Å².